The van der Waals surface area contributed by atoms with Crippen molar-refractivity contribution in [1.82, 2.24) is 20.0 Å². The number of amides is 1. The van der Waals surface area contributed by atoms with Crippen LogP contribution in [0.4, 0.5) is 11.5 Å². The number of rotatable bonds is 6. The molecule has 0 atom stereocenters. The zero-order chi connectivity index (χ0) is 22.0. The van der Waals surface area contributed by atoms with E-state index in [1.807, 2.05) is 44.2 Å². The number of nitrogens with two attached hydrogens (primary N) is 1. The Hall–Kier alpha value is -4.14. The van der Waals surface area contributed by atoms with Crippen LogP contribution in [0, 0.1) is 13.8 Å². The molecule has 2 aromatic carbocycles. The molecule has 9 heteroatoms. The molecule has 2 heterocycles. The maximum Gasteiger partial charge on any atom is 0.280 e. The summed E-state index contributed by atoms with van der Waals surface area (Å²) in [6.07, 6.45) is 0. The summed E-state index contributed by atoms with van der Waals surface area (Å²) in [5.41, 5.74) is 9.37. The van der Waals surface area contributed by atoms with Crippen molar-refractivity contribution < 1.29 is 13.9 Å². The zero-order valence-electron chi connectivity index (χ0n) is 17.4. The first-order valence-corrected chi connectivity index (χ1v) is 9.63. The Labute approximate surface area is 178 Å². The SMILES string of the molecule is COc1ccccc1NC(=O)c1nnn(Cc2nc(-c3ccc(C)cc3)oc2C)c1N. The number of oxazole rings is 1. The molecule has 0 fully saturated rings. The molecule has 0 aliphatic heterocycles. The molecule has 4 aromatic rings. The fourth-order valence-corrected chi connectivity index (χ4v) is 3.06. The van der Waals surface area contributed by atoms with E-state index < -0.39 is 5.91 Å². The largest absolute Gasteiger partial charge is 0.495 e. The summed E-state index contributed by atoms with van der Waals surface area (Å²) < 4.78 is 12.5. The van der Waals surface area contributed by atoms with Crippen LogP contribution < -0.4 is 15.8 Å². The lowest BCUT2D eigenvalue weighted by Crippen LogP contribution is -2.16. The highest BCUT2D eigenvalue weighted by molar-refractivity contribution is 6.06. The standard InChI is InChI=1S/C22H22N6O3/c1-13-8-10-15(11-9-13)22-25-17(14(2)31-22)12-28-20(23)19(26-27-28)21(29)24-16-6-4-5-7-18(16)30-3/h4-11H,12,23H2,1-3H3,(H,24,29). The highest BCUT2D eigenvalue weighted by Crippen LogP contribution is 2.25. The predicted octanol–water partition coefficient (Wildman–Crippen LogP) is 3.44. The zero-order valence-corrected chi connectivity index (χ0v) is 17.4. The van der Waals surface area contributed by atoms with Crippen LogP contribution in [0.5, 0.6) is 5.75 Å². The minimum Gasteiger partial charge on any atom is -0.495 e. The molecule has 31 heavy (non-hydrogen) atoms. The van der Waals surface area contributed by atoms with Gasteiger partial charge in [-0.25, -0.2) is 9.67 Å². The summed E-state index contributed by atoms with van der Waals surface area (Å²) in [6, 6.07) is 15.0. The lowest BCUT2D eigenvalue weighted by Gasteiger charge is -2.08. The van der Waals surface area contributed by atoms with Gasteiger partial charge in [0.1, 0.15) is 17.2 Å². The highest BCUT2D eigenvalue weighted by atomic mass is 16.5. The van der Waals surface area contributed by atoms with Gasteiger partial charge in [0.05, 0.1) is 19.3 Å². The van der Waals surface area contributed by atoms with Gasteiger partial charge in [-0.05, 0) is 38.1 Å². The van der Waals surface area contributed by atoms with Crippen LogP contribution in [-0.2, 0) is 6.54 Å². The van der Waals surface area contributed by atoms with Gasteiger partial charge in [0, 0.05) is 5.56 Å². The van der Waals surface area contributed by atoms with Crippen LogP contribution in [0.2, 0.25) is 0 Å². The van der Waals surface area contributed by atoms with E-state index in [0.29, 0.717) is 28.8 Å². The van der Waals surface area contributed by atoms with Gasteiger partial charge in [0.2, 0.25) is 5.89 Å². The summed E-state index contributed by atoms with van der Waals surface area (Å²) in [7, 11) is 1.53. The molecule has 9 nitrogen and oxygen atoms in total. The van der Waals surface area contributed by atoms with Crippen molar-refractivity contribution in [2.75, 3.05) is 18.2 Å². The van der Waals surface area contributed by atoms with Gasteiger partial charge in [0.15, 0.2) is 11.5 Å². The van der Waals surface area contributed by atoms with Crippen LogP contribution in [0.1, 0.15) is 27.5 Å². The van der Waals surface area contributed by atoms with Crippen LogP contribution in [0.3, 0.4) is 0 Å². The third-order valence-electron chi connectivity index (χ3n) is 4.83. The van der Waals surface area contributed by atoms with Crippen molar-refractivity contribution in [2.24, 2.45) is 0 Å². The maximum atomic E-state index is 12.7. The first-order chi connectivity index (χ1) is 15.0. The second-order valence-electron chi connectivity index (χ2n) is 7.02. The number of aromatic nitrogens is 4. The molecule has 0 aliphatic carbocycles. The quantitative estimate of drug-likeness (QED) is 0.492. The van der Waals surface area contributed by atoms with E-state index in [0.717, 1.165) is 11.1 Å². The minimum atomic E-state index is -0.481. The molecule has 0 saturated carbocycles. The normalized spacial score (nSPS) is 10.8. The molecule has 0 radical (unpaired) electrons. The Morgan fingerprint density at radius 1 is 1.16 bits per heavy atom. The van der Waals surface area contributed by atoms with Crippen molar-refractivity contribution in [2.45, 2.75) is 20.4 Å². The topological polar surface area (TPSA) is 121 Å². The van der Waals surface area contributed by atoms with Crippen molar-refractivity contribution in [3.63, 3.8) is 0 Å². The predicted molar refractivity (Wildman–Crippen MR) is 116 cm³/mol. The molecule has 0 bridgehead atoms. The van der Waals surface area contributed by atoms with E-state index in [2.05, 4.69) is 20.6 Å². The first kappa shape index (κ1) is 20.1. The molecular formula is C22H22N6O3. The second kappa shape index (κ2) is 8.31. The molecule has 158 valence electrons. The third kappa shape index (κ3) is 4.11. The smallest absolute Gasteiger partial charge is 0.280 e. The van der Waals surface area contributed by atoms with Gasteiger partial charge in [-0.15, -0.1) is 5.10 Å². The first-order valence-electron chi connectivity index (χ1n) is 9.63. The molecule has 3 N–H and O–H groups in total. The van der Waals surface area contributed by atoms with Crippen molar-refractivity contribution in [3.8, 4) is 17.2 Å². The Balaban J connectivity index is 1.53. The van der Waals surface area contributed by atoms with E-state index in [-0.39, 0.29) is 18.1 Å². The average molecular weight is 418 g/mol. The van der Waals surface area contributed by atoms with Crippen molar-refractivity contribution >= 4 is 17.4 Å². The van der Waals surface area contributed by atoms with Gasteiger partial charge in [-0.2, -0.15) is 0 Å². The van der Waals surface area contributed by atoms with E-state index in [4.69, 9.17) is 14.9 Å². The molecule has 1 amide bonds. The van der Waals surface area contributed by atoms with Gasteiger partial charge in [0.25, 0.3) is 5.91 Å². The number of anilines is 2. The fraction of sp³-hybridized carbons (Fsp3) is 0.182. The maximum absolute atomic E-state index is 12.7. The van der Waals surface area contributed by atoms with Gasteiger partial charge >= 0.3 is 0 Å². The van der Waals surface area contributed by atoms with Gasteiger partial charge in [-0.3, -0.25) is 4.79 Å². The van der Waals surface area contributed by atoms with E-state index in [1.54, 1.807) is 18.2 Å². The number of carbonyl (C=O) groups is 1. The van der Waals surface area contributed by atoms with Crippen molar-refractivity contribution in [3.05, 3.63) is 71.2 Å². The van der Waals surface area contributed by atoms with E-state index in [1.165, 1.54) is 11.8 Å². The number of aryl methyl sites for hydroxylation is 2. The molecule has 0 saturated heterocycles. The number of benzene rings is 2. The number of ether oxygens (including phenoxy) is 1. The number of para-hydroxylation sites is 2. The summed E-state index contributed by atoms with van der Waals surface area (Å²) in [5.74, 6) is 1.34. The summed E-state index contributed by atoms with van der Waals surface area (Å²) in [6.45, 7) is 4.07. The number of nitrogen functional groups attached to an aromatic ring is 1. The van der Waals surface area contributed by atoms with Crippen LogP contribution in [0.25, 0.3) is 11.5 Å². The lowest BCUT2D eigenvalue weighted by atomic mass is 10.1. The Morgan fingerprint density at radius 3 is 2.65 bits per heavy atom. The highest BCUT2D eigenvalue weighted by Gasteiger charge is 2.21. The minimum absolute atomic E-state index is 0.0193. The Bertz CT molecular complexity index is 1230. The number of nitrogens with one attached hydrogen (secondary N) is 1. The number of methoxy groups -OCH3 is 1. The molecule has 0 aliphatic rings. The van der Waals surface area contributed by atoms with Crippen molar-refractivity contribution in [1.29, 1.82) is 0 Å². The second-order valence-corrected chi connectivity index (χ2v) is 7.02. The fourth-order valence-electron chi connectivity index (χ4n) is 3.06. The lowest BCUT2D eigenvalue weighted by molar-refractivity contribution is 0.102. The van der Waals surface area contributed by atoms with Gasteiger partial charge in [-0.1, -0.05) is 35.0 Å². The summed E-state index contributed by atoms with van der Waals surface area (Å²) in [5, 5.41) is 10.7. The number of carbonyl (C=O) groups excluding carboxylic acids is 1. The third-order valence-corrected chi connectivity index (χ3v) is 4.83. The van der Waals surface area contributed by atoms with E-state index in [9.17, 15) is 4.79 Å². The molecular weight excluding hydrogens is 396 g/mol. The molecule has 4 rings (SSSR count). The van der Waals surface area contributed by atoms with Crippen LogP contribution in [-0.4, -0.2) is 33.0 Å². The number of hydrogen-bond donors (Lipinski definition) is 2. The Kier molecular flexibility index (Phi) is 5.40. The molecule has 2 aromatic heterocycles. The monoisotopic (exact) mass is 418 g/mol. The Morgan fingerprint density at radius 2 is 1.90 bits per heavy atom. The number of nitrogens with zero attached hydrogens (tertiary/aromatic N) is 4. The molecule has 0 unspecified atom stereocenters. The molecule has 0 spiro atoms. The van der Waals surface area contributed by atoms with Crippen LogP contribution >= 0.6 is 0 Å². The van der Waals surface area contributed by atoms with Crippen LogP contribution in [0.15, 0.2) is 52.9 Å². The summed E-state index contributed by atoms with van der Waals surface area (Å²) in [4.78, 5) is 17.2. The summed E-state index contributed by atoms with van der Waals surface area (Å²) >= 11 is 0. The average Bonchev–Trinajstić information content (AvgIpc) is 3.32. The van der Waals surface area contributed by atoms with Gasteiger partial charge < -0.3 is 20.2 Å². The van der Waals surface area contributed by atoms with E-state index >= 15 is 0 Å². The number of hydrogen-bond acceptors (Lipinski definition) is 7.